The number of ether oxygens (including phenoxy) is 2. The zero-order valence-electron chi connectivity index (χ0n) is 18.9. The molecule has 0 aliphatic carbocycles. The van der Waals surface area contributed by atoms with E-state index < -0.39 is 48.7 Å². The number of rotatable bonds is 7. The molecule has 2 aliphatic rings. The Morgan fingerprint density at radius 3 is 2.61 bits per heavy atom. The second kappa shape index (κ2) is 9.89. The first kappa shape index (κ1) is 24.8. The topological polar surface area (TPSA) is 230 Å². The highest BCUT2D eigenvalue weighted by atomic mass is 32.2. The van der Waals surface area contributed by atoms with Crippen LogP contribution in [0.5, 0.6) is 0 Å². The Morgan fingerprint density at radius 2 is 1.86 bits per heavy atom. The van der Waals surface area contributed by atoms with Crippen LogP contribution in [0.15, 0.2) is 23.6 Å². The normalized spacial score (nSPS) is 30.4. The van der Waals surface area contributed by atoms with Gasteiger partial charge in [0.1, 0.15) is 42.2 Å². The smallest absolute Gasteiger partial charge is 0.351 e. The fraction of sp³-hybridized carbons (Fsp3) is 0.550. The van der Waals surface area contributed by atoms with E-state index in [1.807, 2.05) is 0 Å². The molecule has 2 saturated heterocycles. The lowest BCUT2D eigenvalue weighted by atomic mass is 10.1. The highest BCUT2D eigenvalue weighted by Gasteiger charge is 2.44. The van der Waals surface area contributed by atoms with Gasteiger partial charge in [0, 0.05) is 29.7 Å². The number of nitrogen functional groups attached to an aromatic ring is 2. The van der Waals surface area contributed by atoms with Crippen molar-refractivity contribution in [1.82, 2.24) is 29.1 Å². The number of aromatic nitrogens is 6. The van der Waals surface area contributed by atoms with Gasteiger partial charge in [-0.2, -0.15) is 16.7 Å². The van der Waals surface area contributed by atoms with Crippen LogP contribution in [0, 0.1) is 0 Å². The Kier molecular flexibility index (Phi) is 6.82. The van der Waals surface area contributed by atoms with E-state index in [0.29, 0.717) is 28.2 Å². The third kappa shape index (κ3) is 4.40. The van der Waals surface area contributed by atoms with Crippen LogP contribution in [-0.2, 0) is 15.2 Å². The van der Waals surface area contributed by atoms with Crippen LogP contribution >= 0.6 is 11.8 Å². The minimum Gasteiger partial charge on any atom is -0.394 e. The lowest BCUT2D eigenvalue weighted by Gasteiger charge is -2.17. The zero-order chi connectivity index (χ0) is 25.6. The Bertz CT molecular complexity index is 1300. The van der Waals surface area contributed by atoms with Crippen molar-refractivity contribution in [3.05, 3.63) is 34.9 Å². The van der Waals surface area contributed by atoms with Gasteiger partial charge in [0.15, 0.2) is 17.7 Å². The van der Waals surface area contributed by atoms with Gasteiger partial charge >= 0.3 is 5.69 Å². The number of nitrogens with two attached hydrogens (primary N) is 2. The van der Waals surface area contributed by atoms with Gasteiger partial charge in [0.25, 0.3) is 0 Å². The average molecular weight is 523 g/mol. The van der Waals surface area contributed by atoms with E-state index in [9.17, 15) is 25.2 Å². The SMILES string of the molecule is Nc1nc(=O)n([C@H]2CC(O)[C@@H](CO)O2)cc1CSC[C@H]1O[C@@H](n2cnc3c(N)ncnc32)[C@@H](O)C1O. The van der Waals surface area contributed by atoms with E-state index in [2.05, 4.69) is 19.9 Å². The molecule has 5 heterocycles. The lowest BCUT2D eigenvalue weighted by Crippen LogP contribution is -2.32. The van der Waals surface area contributed by atoms with Gasteiger partial charge in [-0.1, -0.05) is 0 Å². The van der Waals surface area contributed by atoms with Crippen LogP contribution in [0.2, 0.25) is 0 Å². The standard InChI is InChI=1S/C20H26N8O7S/c21-16-8(2-27(20(33)26-16)12-1-9(30)10(3-29)34-12)4-36-5-11-14(31)15(32)19(35-11)28-7-25-13-17(22)23-6-24-18(13)28/h2,6-7,9-12,14-15,19,29-32H,1,3-5H2,(H2,21,26,33)(H2,22,23,24)/t9?,10-,11-,12-,14?,15+,19-/m1/s1. The number of aliphatic hydroxyl groups excluding tert-OH is 4. The molecule has 7 atom stereocenters. The van der Waals surface area contributed by atoms with Crippen molar-refractivity contribution in [2.45, 2.75) is 55.1 Å². The molecule has 2 fully saturated rings. The van der Waals surface area contributed by atoms with Crippen molar-refractivity contribution < 1.29 is 29.9 Å². The maximum absolute atomic E-state index is 12.3. The second-order valence-electron chi connectivity index (χ2n) is 8.60. The minimum atomic E-state index is -1.23. The summed E-state index contributed by atoms with van der Waals surface area (Å²) in [5.41, 5.74) is 12.4. The number of thioether (sulfide) groups is 1. The maximum atomic E-state index is 12.3. The second-order valence-corrected chi connectivity index (χ2v) is 9.63. The quantitative estimate of drug-likeness (QED) is 0.192. The minimum absolute atomic E-state index is 0.0500. The fourth-order valence-electron chi connectivity index (χ4n) is 4.33. The van der Waals surface area contributed by atoms with Crippen LogP contribution in [0.25, 0.3) is 11.2 Å². The largest absolute Gasteiger partial charge is 0.394 e. The van der Waals surface area contributed by atoms with E-state index in [4.69, 9.17) is 20.9 Å². The summed E-state index contributed by atoms with van der Waals surface area (Å²) in [6, 6.07) is 0. The average Bonchev–Trinajstić information content (AvgIpc) is 3.52. The Balaban J connectivity index is 1.26. The summed E-state index contributed by atoms with van der Waals surface area (Å²) in [4.78, 5) is 28.4. The summed E-state index contributed by atoms with van der Waals surface area (Å²) in [5, 5.41) is 40.5. The van der Waals surface area contributed by atoms with E-state index in [1.165, 1.54) is 39.7 Å². The first-order valence-corrected chi connectivity index (χ1v) is 12.3. The number of hydrogen-bond acceptors (Lipinski definition) is 14. The molecule has 0 amide bonds. The van der Waals surface area contributed by atoms with Gasteiger partial charge in [-0.3, -0.25) is 9.13 Å². The van der Waals surface area contributed by atoms with Crippen LogP contribution in [0.4, 0.5) is 11.6 Å². The van der Waals surface area contributed by atoms with Crippen molar-refractivity contribution in [3.8, 4) is 0 Å². The molecule has 2 unspecified atom stereocenters. The first-order valence-electron chi connectivity index (χ1n) is 11.1. The van der Waals surface area contributed by atoms with Crippen LogP contribution in [0.1, 0.15) is 24.4 Å². The first-order chi connectivity index (χ1) is 17.3. The molecule has 16 heteroatoms. The Morgan fingerprint density at radius 1 is 1.06 bits per heavy atom. The predicted molar refractivity (Wildman–Crippen MR) is 126 cm³/mol. The van der Waals surface area contributed by atoms with Crippen molar-refractivity contribution in [3.63, 3.8) is 0 Å². The highest BCUT2D eigenvalue weighted by Crippen LogP contribution is 2.34. The summed E-state index contributed by atoms with van der Waals surface area (Å²) < 4.78 is 14.2. The van der Waals surface area contributed by atoms with Gasteiger partial charge in [-0.15, -0.1) is 0 Å². The summed E-state index contributed by atoms with van der Waals surface area (Å²) in [6.45, 7) is -0.372. The molecule has 3 aromatic heterocycles. The molecule has 0 bridgehead atoms. The molecule has 15 nitrogen and oxygen atoms in total. The third-order valence-corrected chi connectivity index (χ3v) is 7.37. The van der Waals surface area contributed by atoms with Crippen molar-refractivity contribution in [2.75, 3.05) is 23.8 Å². The molecular formula is C20H26N8O7S. The monoisotopic (exact) mass is 522 g/mol. The number of anilines is 2. The van der Waals surface area contributed by atoms with Gasteiger partial charge in [0.2, 0.25) is 0 Å². The predicted octanol–water partition coefficient (Wildman–Crippen LogP) is -2.26. The van der Waals surface area contributed by atoms with Gasteiger partial charge in [-0.25, -0.2) is 19.7 Å². The summed E-state index contributed by atoms with van der Waals surface area (Å²) in [6.07, 6.45) is -2.17. The summed E-state index contributed by atoms with van der Waals surface area (Å²) >= 11 is 1.36. The molecule has 8 N–H and O–H groups in total. The molecule has 194 valence electrons. The number of aliphatic hydroxyl groups is 4. The van der Waals surface area contributed by atoms with Crippen LogP contribution in [-0.4, -0.2) is 92.4 Å². The summed E-state index contributed by atoms with van der Waals surface area (Å²) in [5.74, 6) is 0.857. The van der Waals surface area contributed by atoms with Crippen molar-refractivity contribution >= 4 is 34.6 Å². The Hall–Kier alpha value is -2.86. The van der Waals surface area contributed by atoms with Gasteiger partial charge < -0.3 is 41.4 Å². The van der Waals surface area contributed by atoms with E-state index in [-0.39, 0.29) is 24.7 Å². The van der Waals surface area contributed by atoms with Crippen LogP contribution < -0.4 is 17.2 Å². The molecule has 3 aromatic rings. The highest BCUT2D eigenvalue weighted by molar-refractivity contribution is 7.98. The summed E-state index contributed by atoms with van der Waals surface area (Å²) in [7, 11) is 0. The molecule has 36 heavy (non-hydrogen) atoms. The van der Waals surface area contributed by atoms with E-state index >= 15 is 0 Å². The van der Waals surface area contributed by atoms with E-state index in [0.717, 1.165) is 0 Å². The fourth-order valence-corrected chi connectivity index (χ4v) is 5.40. The third-order valence-electron chi connectivity index (χ3n) is 6.29. The molecule has 0 aromatic carbocycles. The molecule has 0 radical (unpaired) electrons. The number of fused-ring (bicyclic) bond motifs is 1. The molecule has 0 spiro atoms. The van der Waals surface area contributed by atoms with Gasteiger partial charge in [-0.05, 0) is 0 Å². The molecule has 0 saturated carbocycles. The number of hydrogen-bond donors (Lipinski definition) is 6. The molecular weight excluding hydrogens is 496 g/mol. The van der Waals surface area contributed by atoms with Crippen molar-refractivity contribution in [2.24, 2.45) is 0 Å². The van der Waals surface area contributed by atoms with E-state index in [1.54, 1.807) is 0 Å². The van der Waals surface area contributed by atoms with Gasteiger partial charge in [0.05, 0.1) is 25.1 Å². The molecule has 2 aliphatic heterocycles. The number of imidazole rings is 1. The van der Waals surface area contributed by atoms with Crippen molar-refractivity contribution in [1.29, 1.82) is 0 Å². The lowest BCUT2D eigenvalue weighted by molar-refractivity contribution is -0.0459. The van der Waals surface area contributed by atoms with Crippen LogP contribution in [0.3, 0.4) is 0 Å². The maximum Gasteiger partial charge on any atom is 0.351 e. The molecule has 5 rings (SSSR count). The Labute approximate surface area is 207 Å². The number of nitrogens with zero attached hydrogens (tertiary/aromatic N) is 6. The zero-order valence-corrected chi connectivity index (χ0v) is 19.7.